The third-order valence-electron chi connectivity index (χ3n) is 7.08. The summed E-state index contributed by atoms with van der Waals surface area (Å²) in [6, 6.07) is 8.12. The van der Waals surface area contributed by atoms with Crippen LogP contribution in [0.5, 0.6) is 0 Å². The van der Waals surface area contributed by atoms with Crippen molar-refractivity contribution in [1.82, 2.24) is 24.3 Å². The minimum Gasteiger partial charge on any atom is -0.382 e. The summed E-state index contributed by atoms with van der Waals surface area (Å²) in [5, 5.41) is 2.41. The van der Waals surface area contributed by atoms with Crippen molar-refractivity contribution in [1.29, 1.82) is 0 Å². The lowest BCUT2D eigenvalue weighted by Crippen LogP contribution is -2.44. The maximum atomic E-state index is 13.0. The Bertz CT molecular complexity index is 1610. The van der Waals surface area contributed by atoms with Gasteiger partial charge < -0.3 is 16.0 Å². The summed E-state index contributed by atoms with van der Waals surface area (Å²) in [6.07, 6.45) is 1.55. The van der Waals surface area contributed by atoms with Crippen molar-refractivity contribution in [3.63, 3.8) is 0 Å². The smallest absolute Gasteiger partial charge is 0.382 e. The Morgan fingerprint density at radius 1 is 1.05 bits per heavy atom. The highest BCUT2D eigenvalue weighted by molar-refractivity contribution is 6.04. The summed E-state index contributed by atoms with van der Waals surface area (Å²) >= 11 is 0. The molecule has 41 heavy (non-hydrogen) atoms. The van der Waals surface area contributed by atoms with E-state index < -0.39 is 23.1 Å². The molecule has 1 atom stereocenters. The van der Waals surface area contributed by atoms with Crippen molar-refractivity contribution >= 4 is 29.0 Å². The molecule has 0 bridgehead atoms. The van der Waals surface area contributed by atoms with E-state index in [0.29, 0.717) is 29.9 Å². The van der Waals surface area contributed by atoms with Crippen molar-refractivity contribution in [2.45, 2.75) is 45.7 Å². The highest BCUT2D eigenvalue weighted by Gasteiger charge is 2.34. The van der Waals surface area contributed by atoms with E-state index in [1.54, 1.807) is 36.7 Å². The van der Waals surface area contributed by atoms with Crippen LogP contribution in [-0.2, 0) is 11.0 Å². The zero-order valence-electron chi connectivity index (χ0n) is 22.9. The predicted octanol–water partition coefficient (Wildman–Crippen LogP) is 5.40. The first kappa shape index (κ1) is 28.1. The fourth-order valence-electron chi connectivity index (χ4n) is 5.07. The summed E-state index contributed by atoms with van der Waals surface area (Å²) in [4.78, 5) is 40.6. The number of halogens is 3. The van der Waals surface area contributed by atoms with E-state index in [-0.39, 0.29) is 29.0 Å². The second kappa shape index (κ2) is 10.5. The number of anilines is 2. The number of likely N-dealkylation sites (tertiary alicyclic amines) is 1. The molecule has 12 heteroatoms. The lowest BCUT2D eigenvalue weighted by molar-refractivity contribution is -0.140. The van der Waals surface area contributed by atoms with E-state index in [1.807, 2.05) is 30.1 Å². The van der Waals surface area contributed by atoms with Gasteiger partial charge in [-0.15, -0.1) is 0 Å². The number of hydrogen-bond donors (Lipinski definition) is 2. The molecule has 5 rings (SSSR count). The molecule has 0 radical (unpaired) electrons. The van der Waals surface area contributed by atoms with Crippen molar-refractivity contribution < 1.29 is 22.8 Å². The number of fused-ring (bicyclic) bond motifs is 1. The number of amides is 2. The molecule has 4 heterocycles. The number of alkyl halides is 3. The highest BCUT2D eigenvalue weighted by atomic mass is 19.4. The summed E-state index contributed by atoms with van der Waals surface area (Å²) in [6.45, 7) is 6.97. The quantitative estimate of drug-likeness (QED) is 0.342. The summed E-state index contributed by atoms with van der Waals surface area (Å²) in [7, 11) is 0. The number of piperidine rings is 1. The molecule has 9 nitrogen and oxygen atoms in total. The Balaban J connectivity index is 1.42. The molecular weight excluding hydrogens is 535 g/mol. The van der Waals surface area contributed by atoms with Gasteiger partial charge in [-0.25, -0.2) is 15.0 Å². The lowest BCUT2D eigenvalue weighted by Gasteiger charge is -2.36. The van der Waals surface area contributed by atoms with Gasteiger partial charge in [0.25, 0.3) is 5.91 Å². The van der Waals surface area contributed by atoms with Crippen LogP contribution < -0.4 is 11.1 Å². The predicted molar refractivity (Wildman–Crippen MR) is 148 cm³/mol. The number of carbonyl (C=O) groups excluding carboxylic acids is 2. The van der Waals surface area contributed by atoms with Crippen LogP contribution in [0.15, 0.2) is 55.0 Å². The largest absolute Gasteiger partial charge is 0.416 e. The fourth-order valence-corrected chi connectivity index (χ4v) is 5.07. The molecule has 1 unspecified atom stereocenters. The molecule has 3 N–H and O–H groups in total. The van der Waals surface area contributed by atoms with Crippen molar-refractivity contribution in [3.05, 3.63) is 71.9 Å². The molecule has 1 aliphatic rings. The number of nitrogens with two attached hydrogens (primary N) is 1. The van der Waals surface area contributed by atoms with Crippen LogP contribution in [0.1, 0.15) is 61.3 Å². The Morgan fingerprint density at radius 2 is 1.78 bits per heavy atom. The van der Waals surface area contributed by atoms with Crippen molar-refractivity contribution in [2.24, 2.45) is 5.41 Å². The van der Waals surface area contributed by atoms with E-state index in [2.05, 4.69) is 15.3 Å². The van der Waals surface area contributed by atoms with Gasteiger partial charge in [0.15, 0.2) is 0 Å². The van der Waals surface area contributed by atoms with E-state index in [1.165, 1.54) is 0 Å². The molecule has 2 amide bonds. The number of nitrogens with one attached hydrogen (secondary N) is 1. The monoisotopic (exact) mass is 565 g/mol. The number of imidazole rings is 1. The van der Waals surface area contributed by atoms with Crippen LogP contribution in [0.3, 0.4) is 0 Å². The number of nitrogens with zero attached hydrogens (tertiary/aromatic N) is 5. The van der Waals surface area contributed by atoms with E-state index >= 15 is 0 Å². The average molecular weight is 566 g/mol. The minimum atomic E-state index is -4.55. The molecule has 0 spiro atoms. The molecule has 214 valence electrons. The van der Waals surface area contributed by atoms with Gasteiger partial charge in [0.1, 0.15) is 28.7 Å². The molecule has 0 aliphatic carbocycles. The van der Waals surface area contributed by atoms with Gasteiger partial charge in [0, 0.05) is 54.1 Å². The second-order valence-electron chi connectivity index (χ2n) is 11.1. The first-order chi connectivity index (χ1) is 19.3. The third-order valence-corrected chi connectivity index (χ3v) is 7.08. The normalized spacial score (nSPS) is 16.1. The Kier molecular flexibility index (Phi) is 7.18. The molecule has 4 aromatic rings. The molecule has 1 aliphatic heterocycles. The van der Waals surface area contributed by atoms with Gasteiger partial charge in [-0.05, 0) is 37.1 Å². The van der Waals surface area contributed by atoms with Crippen LogP contribution in [0, 0.1) is 5.41 Å². The number of benzene rings is 1. The van der Waals surface area contributed by atoms with Gasteiger partial charge in [-0.2, -0.15) is 13.2 Å². The average Bonchev–Trinajstić information content (AvgIpc) is 3.33. The fraction of sp³-hybridized carbons (Fsp3) is 0.345. The first-order valence-corrected chi connectivity index (χ1v) is 13.2. The minimum absolute atomic E-state index is 0.0110. The van der Waals surface area contributed by atoms with Gasteiger partial charge in [-0.3, -0.25) is 14.0 Å². The Labute approximate surface area is 234 Å². The molecular formula is C29H30F3N7O2. The van der Waals surface area contributed by atoms with Gasteiger partial charge in [0.2, 0.25) is 5.91 Å². The lowest BCUT2D eigenvalue weighted by atomic mass is 9.91. The Morgan fingerprint density at radius 3 is 2.46 bits per heavy atom. The third kappa shape index (κ3) is 5.72. The summed E-state index contributed by atoms with van der Waals surface area (Å²) in [5.74, 6) is 0.335. The molecule has 1 aromatic carbocycles. The molecule has 1 saturated heterocycles. The van der Waals surface area contributed by atoms with Crippen molar-refractivity contribution in [2.75, 3.05) is 24.1 Å². The topological polar surface area (TPSA) is 119 Å². The molecule has 1 fully saturated rings. The standard InChI is InChI=1S/C29H30F3N7O2/c1-28(2,3)27(41)38-13-4-5-19(16-38)25-37-22(23-24(33)35-12-14-39(23)25)17-6-8-18(9-7-17)26(40)36-21-15-20(10-11-34-21)29(30,31)32/h6-12,14-15,19H,4-5,13,16H2,1-3H3,(H2,33,35)(H,34,36,40). The maximum Gasteiger partial charge on any atom is 0.416 e. The SMILES string of the molecule is CC(C)(C)C(=O)N1CCCC(c2nc(-c3ccc(C(=O)Nc4cc(C(F)(F)F)ccn4)cc3)c3c(N)nccn23)C1. The number of aromatic nitrogens is 4. The number of pyridine rings is 1. The van der Waals surface area contributed by atoms with E-state index in [0.717, 1.165) is 37.0 Å². The van der Waals surface area contributed by atoms with Crippen LogP contribution in [-0.4, -0.2) is 49.2 Å². The number of carbonyl (C=O) groups is 2. The van der Waals surface area contributed by atoms with Gasteiger partial charge >= 0.3 is 6.18 Å². The second-order valence-corrected chi connectivity index (χ2v) is 11.1. The van der Waals surface area contributed by atoms with Crippen LogP contribution in [0.2, 0.25) is 0 Å². The van der Waals surface area contributed by atoms with E-state index in [9.17, 15) is 22.8 Å². The summed E-state index contributed by atoms with van der Waals surface area (Å²) < 4.78 is 41.0. The molecule has 0 saturated carbocycles. The zero-order chi connectivity index (χ0) is 29.5. The van der Waals surface area contributed by atoms with E-state index in [4.69, 9.17) is 10.7 Å². The number of rotatable bonds is 4. The van der Waals surface area contributed by atoms with Crippen LogP contribution in [0.4, 0.5) is 24.8 Å². The van der Waals surface area contributed by atoms with Crippen LogP contribution >= 0.6 is 0 Å². The number of nitrogen functional groups attached to an aromatic ring is 1. The van der Waals surface area contributed by atoms with Crippen LogP contribution in [0.25, 0.3) is 16.8 Å². The van der Waals surface area contributed by atoms with Gasteiger partial charge in [-0.1, -0.05) is 32.9 Å². The van der Waals surface area contributed by atoms with Crippen molar-refractivity contribution in [3.8, 4) is 11.3 Å². The summed E-state index contributed by atoms with van der Waals surface area (Å²) in [5.41, 5.74) is 7.00. The molecule has 3 aromatic heterocycles. The number of hydrogen-bond acceptors (Lipinski definition) is 6. The highest BCUT2D eigenvalue weighted by Crippen LogP contribution is 2.35. The maximum absolute atomic E-state index is 13.0. The zero-order valence-corrected chi connectivity index (χ0v) is 22.9. The Hall–Kier alpha value is -4.48. The van der Waals surface area contributed by atoms with Gasteiger partial charge in [0.05, 0.1) is 5.56 Å². The first-order valence-electron chi connectivity index (χ1n) is 13.2.